The van der Waals surface area contributed by atoms with Crippen molar-refractivity contribution in [1.29, 1.82) is 0 Å². The van der Waals surface area contributed by atoms with Crippen LogP contribution in [0.15, 0.2) is 36.4 Å². The molecule has 2 unspecified atom stereocenters. The number of carbonyl (C=O) groups is 1. The van der Waals surface area contributed by atoms with Crippen molar-refractivity contribution in [2.45, 2.75) is 46.1 Å². The molecule has 0 heterocycles. The van der Waals surface area contributed by atoms with Gasteiger partial charge in [0, 0.05) is 6.08 Å². The number of rotatable bonds is 7. The molecule has 1 aromatic rings. The summed E-state index contributed by atoms with van der Waals surface area (Å²) < 4.78 is 5.45. The molecular weight excluding hydrogens is 236 g/mol. The van der Waals surface area contributed by atoms with Gasteiger partial charge in [-0.15, -0.1) is 0 Å². The van der Waals surface area contributed by atoms with Crippen molar-refractivity contribution in [2.24, 2.45) is 5.92 Å². The maximum Gasteiger partial charge on any atom is 0.331 e. The van der Waals surface area contributed by atoms with E-state index in [9.17, 15) is 4.79 Å². The monoisotopic (exact) mass is 260 g/mol. The highest BCUT2D eigenvalue weighted by atomic mass is 16.5. The van der Waals surface area contributed by atoms with Crippen molar-refractivity contribution in [3.63, 3.8) is 0 Å². The molecule has 2 atom stereocenters. The Morgan fingerprint density at radius 2 is 1.95 bits per heavy atom. The van der Waals surface area contributed by atoms with Crippen LogP contribution in [0.5, 0.6) is 0 Å². The van der Waals surface area contributed by atoms with Crippen molar-refractivity contribution in [3.8, 4) is 0 Å². The highest BCUT2D eigenvalue weighted by Crippen LogP contribution is 2.18. The van der Waals surface area contributed by atoms with Gasteiger partial charge in [0.15, 0.2) is 0 Å². The minimum Gasteiger partial charge on any atom is -0.459 e. The summed E-state index contributed by atoms with van der Waals surface area (Å²) in [6, 6.07) is 9.76. The fourth-order valence-electron chi connectivity index (χ4n) is 2.19. The van der Waals surface area contributed by atoms with Gasteiger partial charge in [-0.1, -0.05) is 50.6 Å². The van der Waals surface area contributed by atoms with Crippen molar-refractivity contribution in [2.75, 3.05) is 0 Å². The summed E-state index contributed by atoms with van der Waals surface area (Å²) in [5, 5.41) is 0. The van der Waals surface area contributed by atoms with E-state index in [1.54, 1.807) is 6.08 Å². The molecule has 0 saturated carbocycles. The summed E-state index contributed by atoms with van der Waals surface area (Å²) >= 11 is 0. The van der Waals surface area contributed by atoms with Gasteiger partial charge in [0.2, 0.25) is 0 Å². The molecule has 0 radical (unpaired) electrons. The zero-order valence-electron chi connectivity index (χ0n) is 12.1. The number of esters is 1. The van der Waals surface area contributed by atoms with Crippen LogP contribution in [0.3, 0.4) is 0 Å². The fourth-order valence-corrected chi connectivity index (χ4v) is 2.19. The number of ether oxygens (including phenoxy) is 1. The minimum atomic E-state index is -0.258. The lowest BCUT2D eigenvalue weighted by atomic mass is 9.95. The number of hydrogen-bond acceptors (Lipinski definition) is 2. The van der Waals surface area contributed by atoms with Crippen LogP contribution in [0.4, 0.5) is 0 Å². The van der Waals surface area contributed by atoms with Crippen molar-refractivity contribution < 1.29 is 9.53 Å². The van der Waals surface area contributed by atoms with Gasteiger partial charge in [-0.2, -0.15) is 0 Å². The molecule has 0 saturated heterocycles. The van der Waals surface area contributed by atoms with Crippen LogP contribution in [0.1, 0.15) is 45.6 Å². The second-order valence-corrected chi connectivity index (χ2v) is 4.84. The highest BCUT2D eigenvalue weighted by Gasteiger charge is 2.17. The molecular formula is C17H24O2. The van der Waals surface area contributed by atoms with Gasteiger partial charge < -0.3 is 4.74 Å². The van der Waals surface area contributed by atoms with E-state index in [1.165, 1.54) is 6.08 Å². The Morgan fingerprint density at radius 1 is 1.26 bits per heavy atom. The van der Waals surface area contributed by atoms with E-state index in [2.05, 4.69) is 13.8 Å². The minimum absolute atomic E-state index is 0.0159. The predicted octanol–water partition coefficient (Wildman–Crippen LogP) is 4.46. The molecule has 0 fully saturated rings. The van der Waals surface area contributed by atoms with Crippen molar-refractivity contribution in [3.05, 3.63) is 42.0 Å². The number of carbonyl (C=O) groups excluding carboxylic acids is 1. The van der Waals surface area contributed by atoms with Crippen LogP contribution in [0.2, 0.25) is 0 Å². The Labute approximate surface area is 116 Å². The lowest BCUT2D eigenvalue weighted by molar-refractivity contribution is -0.144. The van der Waals surface area contributed by atoms with Crippen LogP contribution in [0, 0.1) is 5.92 Å². The molecule has 0 aliphatic rings. The molecule has 0 amide bonds. The molecule has 2 nitrogen and oxygen atoms in total. The Hall–Kier alpha value is -1.57. The topological polar surface area (TPSA) is 26.3 Å². The Balaban J connectivity index is 2.48. The van der Waals surface area contributed by atoms with Crippen LogP contribution in [0.25, 0.3) is 6.08 Å². The average Bonchev–Trinajstić information content (AvgIpc) is 2.43. The second-order valence-electron chi connectivity index (χ2n) is 4.84. The van der Waals surface area contributed by atoms with Gasteiger partial charge in [0.25, 0.3) is 0 Å². The van der Waals surface area contributed by atoms with E-state index in [0.29, 0.717) is 5.92 Å². The van der Waals surface area contributed by atoms with E-state index in [0.717, 1.165) is 24.8 Å². The summed E-state index contributed by atoms with van der Waals surface area (Å²) in [6.07, 6.45) is 6.55. The van der Waals surface area contributed by atoms with E-state index in [-0.39, 0.29) is 12.1 Å². The van der Waals surface area contributed by atoms with Crippen molar-refractivity contribution >= 4 is 12.0 Å². The molecule has 0 bridgehead atoms. The number of benzene rings is 1. The van der Waals surface area contributed by atoms with E-state index >= 15 is 0 Å². The molecule has 104 valence electrons. The van der Waals surface area contributed by atoms with Gasteiger partial charge in [-0.3, -0.25) is 0 Å². The molecule has 19 heavy (non-hydrogen) atoms. The van der Waals surface area contributed by atoms with Crippen LogP contribution >= 0.6 is 0 Å². The smallest absolute Gasteiger partial charge is 0.331 e. The first kappa shape index (κ1) is 15.5. The molecule has 2 heteroatoms. The van der Waals surface area contributed by atoms with Gasteiger partial charge in [-0.25, -0.2) is 4.79 Å². The standard InChI is InChI=1S/C17H24O2/c1-4-9-16(5-2)14(3)19-17(18)13-12-15-10-7-6-8-11-15/h6-8,10-14,16H,4-5,9H2,1-3H3/b13-12+. The van der Waals surface area contributed by atoms with Gasteiger partial charge in [-0.05, 0) is 37.3 Å². The van der Waals surface area contributed by atoms with Crippen LogP contribution < -0.4 is 0 Å². The summed E-state index contributed by atoms with van der Waals surface area (Å²) in [5.74, 6) is 0.199. The molecule has 0 aliphatic carbocycles. The highest BCUT2D eigenvalue weighted by molar-refractivity contribution is 5.87. The maximum absolute atomic E-state index is 11.7. The molecule has 1 aromatic carbocycles. The van der Waals surface area contributed by atoms with Gasteiger partial charge in [0.1, 0.15) is 6.10 Å². The maximum atomic E-state index is 11.7. The van der Waals surface area contributed by atoms with Gasteiger partial charge in [0.05, 0.1) is 0 Å². The first-order chi connectivity index (χ1) is 9.17. The molecule has 1 rings (SSSR count). The lowest BCUT2D eigenvalue weighted by Gasteiger charge is -2.21. The first-order valence-electron chi connectivity index (χ1n) is 7.11. The predicted molar refractivity (Wildman–Crippen MR) is 79.7 cm³/mol. The Morgan fingerprint density at radius 3 is 2.53 bits per heavy atom. The molecule has 0 aliphatic heterocycles. The summed E-state index contributed by atoms with van der Waals surface area (Å²) in [5.41, 5.74) is 1.01. The molecule has 0 N–H and O–H groups in total. The lowest BCUT2D eigenvalue weighted by Crippen LogP contribution is -2.22. The zero-order chi connectivity index (χ0) is 14.1. The third-order valence-corrected chi connectivity index (χ3v) is 3.36. The summed E-state index contributed by atoms with van der Waals surface area (Å²) in [7, 11) is 0. The number of hydrogen-bond donors (Lipinski definition) is 0. The fraction of sp³-hybridized carbons (Fsp3) is 0.471. The van der Waals surface area contributed by atoms with Crippen molar-refractivity contribution in [1.82, 2.24) is 0 Å². The first-order valence-corrected chi connectivity index (χ1v) is 7.11. The summed E-state index contributed by atoms with van der Waals surface area (Å²) in [6.45, 7) is 6.29. The zero-order valence-corrected chi connectivity index (χ0v) is 12.1. The Bertz CT molecular complexity index is 395. The Kier molecular flexibility index (Phi) is 6.94. The normalized spacial score (nSPS) is 14.3. The SMILES string of the molecule is CCCC(CC)C(C)OC(=O)/C=C/c1ccccc1. The van der Waals surface area contributed by atoms with Crippen LogP contribution in [-0.2, 0) is 9.53 Å². The van der Waals surface area contributed by atoms with Crippen LogP contribution in [-0.4, -0.2) is 12.1 Å². The average molecular weight is 260 g/mol. The largest absolute Gasteiger partial charge is 0.459 e. The molecule has 0 spiro atoms. The summed E-state index contributed by atoms with van der Waals surface area (Å²) in [4.78, 5) is 11.7. The van der Waals surface area contributed by atoms with E-state index in [1.807, 2.05) is 37.3 Å². The van der Waals surface area contributed by atoms with E-state index < -0.39 is 0 Å². The second kappa shape index (κ2) is 8.52. The third-order valence-electron chi connectivity index (χ3n) is 3.36. The molecule has 0 aromatic heterocycles. The van der Waals surface area contributed by atoms with E-state index in [4.69, 9.17) is 4.74 Å². The third kappa shape index (κ3) is 5.73. The quantitative estimate of drug-likeness (QED) is 0.534. The van der Waals surface area contributed by atoms with Gasteiger partial charge >= 0.3 is 5.97 Å².